The number of carboxylic acids is 1. The summed E-state index contributed by atoms with van der Waals surface area (Å²) in [5.74, 6) is -0.370. The summed E-state index contributed by atoms with van der Waals surface area (Å²) in [6.45, 7) is 2.00. The van der Waals surface area contributed by atoms with Crippen LogP contribution in [0.1, 0.15) is 38.5 Å². The molecule has 0 spiro atoms. The Hall–Kier alpha value is -2.57. The first kappa shape index (κ1) is 20.2. The SMILES string of the molecule is O=C(O)CC1CCCN1C(=O)C1CCCN(C(=O)CCOc2ccccc2)C1. The highest BCUT2D eigenvalue weighted by atomic mass is 16.5. The zero-order valence-corrected chi connectivity index (χ0v) is 16.1. The molecule has 7 heteroatoms. The second-order valence-electron chi connectivity index (χ2n) is 7.52. The Morgan fingerprint density at radius 2 is 1.82 bits per heavy atom. The monoisotopic (exact) mass is 388 g/mol. The van der Waals surface area contributed by atoms with Gasteiger partial charge in [-0.1, -0.05) is 18.2 Å². The highest BCUT2D eigenvalue weighted by Crippen LogP contribution is 2.26. The number of ether oxygens (including phenoxy) is 1. The van der Waals surface area contributed by atoms with Crippen molar-refractivity contribution < 1.29 is 24.2 Å². The molecule has 1 aromatic carbocycles. The van der Waals surface area contributed by atoms with E-state index in [0.717, 1.165) is 31.4 Å². The molecule has 2 heterocycles. The lowest BCUT2D eigenvalue weighted by Crippen LogP contribution is -2.48. The Morgan fingerprint density at radius 3 is 2.57 bits per heavy atom. The molecule has 2 aliphatic rings. The number of carbonyl (C=O) groups excluding carboxylic acids is 2. The number of rotatable bonds is 7. The van der Waals surface area contributed by atoms with Gasteiger partial charge >= 0.3 is 5.97 Å². The van der Waals surface area contributed by atoms with Gasteiger partial charge in [0.25, 0.3) is 0 Å². The second kappa shape index (κ2) is 9.57. The summed E-state index contributed by atoms with van der Waals surface area (Å²) in [6, 6.07) is 9.16. The van der Waals surface area contributed by atoms with Crippen molar-refractivity contribution in [1.82, 2.24) is 9.80 Å². The Bertz CT molecular complexity index is 693. The molecule has 152 valence electrons. The van der Waals surface area contributed by atoms with E-state index in [1.165, 1.54) is 0 Å². The van der Waals surface area contributed by atoms with Crippen LogP contribution in [0.25, 0.3) is 0 Å². The highest BCUT2D eigenvalue weighted by Gasteiger charge is 2.36. The van der Waals surface area contributed by atoms with Crippen LogP contribution in [0.2, 0.25) is 0 Å². The predicted molar refractivity (Wildman–Crippen MR) is 103 cm³/mol. The average molecular weight is 388 g/mol. The van der Waals surface area contributed by atoms with Gasteiger partial charge in [-0.25, -0.2) is 0 Å². The van der Waals surface area contributed by atoms with Crippen molar-refractivity contribution in [3.63, 3.8) is 0 Å². The molecular formula is C21H28N2O5. The number of carbonyl (C=O) groups is 3. The van der Waals surface area contributed by atoms with E-state index in [1.807, 2.05) is 30.3 Å². The summed E-state index contributed by atoms with van der Waals surface area (Å²) in [7, 11) is 0. The van der Waals surface area contributed by atoms with Gasteiger partial charge in [0.1, 0.15) is 5.75 Å². The van der Waals surface area contributed by atoms with Crippen molar-refractivity contribution in [2.45, 2.75) is 44.6 Å². The maximum atomic E-state index is 12.9. The van der Waals surface area contributed by atoms with Crippen molar-refractivity contribution in [1.29, 1.82) is 0 Å². The number of piperidine rings is 1. The Kier molecular flexibility index (Phi) is 6.90. The third kappa shape index (κ3) is 5.24. The molecule has 1 N–H and O–H groups in total. The van der Waals surface area contributed by atoms with Crippen LogP contribution in [0.15, 0.2) is 30.3 Å². The smallest absolute Gasteiger partial charge is 0.305 e. The summed E-state index contributed by atoms with van der Waals surface area (Å²) in [5.41, 5.74) is 0. The third-order valence-electron chi connectivity index (χ3n) is 5.52. The van der Waals surface area contributed by atoms with Crippen molar-refractivity contribution in [3.05, 3.63) is 30.3 Å². The number of nitrogens with zero attached hydrogens (tertiary/aromatic N) is 2. The largest absolute Gasteiger partial charge is 0.493 e. The summed E-state index contributed by atoms with van der Waals surface area (Å²) in [5, 5.41) is 9.06. The van der Waals surface area contributed by atoms with Gasteiger partial charge in [0.15, 0.2) is 0 Å². The number of hydrogen-bond donors (Lipinski definition) is 1. The van der Waals surface area contributed by atoms with Crippen LogP contribution in [0, 0.1) is 5.92 Å². The van der Waals surface area contributed by atoms with Gasteiger partial charge in [0, 0.05) is 25.7 Å². The molecule has 2 saturated heterocycles. The summed E-state index contributed by atoms with van der Waals surface area (Å²) in [4.78, 5) is 40.0. The van der Waals surface area contributed by atoms with E-state index in [-0.39, 0.29) is 36.6 Å². The van der Waals surface area contributed by atoms with Crippen molar-refractivity contribution in [2.24, 2.45) is 5.92 Å². The maximum absolute atomic E-state index is 12.9. The van der Waals surface area contributed by atoms with E-state index < -0.39 is 5.97 Å². The number of benzene rings is 1. The number of likely N-dealkylation sites (tertiary alicyclic amines) is 2. The number of amides is 2. The topological polar surface area (TPSA) is 87.2 Å². The molecule has 2 amide bonds. The van der Waals surface area contributed by atoms with Crippen LogP contribution in [0.3, 0.4) is 0 Å². The van der Waals surface area contributed by atoms with E-state index in [4.69, 9.17) is 9.84 Å². The molecule has 2 fully saturated rings. The number of carboxylic acid groups (broad SMARTS) is 1. The van der Waals surface area contributed by atoms with Gasteiger partial charge in [-0.2, -0.15) is 0 Å². The first-order valence-corrected chi connectivity index (χ1v) is 10.0. The molecule has 28 heavy (non-hydrogen) atoms. The molecule has 0 saturated carbocycles. The number of para-hydroxylation sites is 1. The van der Waals surface area contributed by atoms with Gasteiger partial charge in [-0.3, -0.25) is 14.4 Å². The number of hydrogen-bond acceptors (Lipinski definition) is 4. The fourth-order valence-electron chi connectivity index (χ4n) is 4.11. The molecular weight excluding hydrogens is 360 g/mol. The van der Waals surface area contributed by atoms with E-state index in [1.54, 1.807) is 9.80 Å². The Labute approximate surface area is 165 Å². The minimum atomic E-state index is -0.872. The van der Waals surface area contributed by atoms with Gasteiger partial charge in [0.05, 0.1) is 25.4 Å². The van der Waals surface area contributed by atoms with E-state index in [2.05, 4.69) is 0 Å². The van der Waals surface area contributed by atoms with E-state index in [0.29, 0.717) is 26.2 Å². The first-order valence-electron chi connectivity index (χ1n) is 10.0. The summed E-state index contributed by atoms with van der Waals surface area (Å²) < 4.78 is 5.60. The molecule has 0 bridgehead atoms. The van der Waals surface area contributed by atoms with Gasteiger partial charge < -0.3 is 19.6 Å². The minimum Gasteiger partial charge on any atom is -0.493 e. The van der Waals surface area contributed by atoms with Crippen LogP contribution >= 0.6 is 0 Å². The van der Waals surface area contributed by atoms with Crippen LogP contribution in [-0.2, 0) is 14.4 Å². The summed E-state index contributed by atoms with van der Waals surface area (Å²) >= 11 is 0. The fourth-order valence-corrected chi connectivity index (χ4v) is 4.11. The van der Waals surface area contributed by atoms with Gasteiger partial charge in [-0.15, -0.1) is 0 Å². The molecule has 0 radical (unpaired) electrons. The van der Waals surface area contributed by atoms with Crippen LogP contribution < -0.4 is 4.74 Å². The third-order valence-corrected chi connectivity index (χ3v) is 5.52. The average Bonchev–Trinajstić information content (AvgIpc) is 3.15. The lowest BCUT2D eigenvalue weighted by atomic mass is 9.95. The first-order chi connectivity index (χ1) is 13.5. The molecule has 3 rings (SSSR count). The zero-order valence-electron chi connectivity index (χ0n) is 16.1. The molecule has 2 atom stereocenters. The molecule has 2 unspecified atom stereocenters. The Morgan fingerprint density at radius 1 is 1.07 bits per heavy atom. The minimum absolute atomic E-state index is 0.00165. The standard InChI is InChI=1S/C21H28N2O5/c24-19(10-13-28-18-8-2-1-3-9-18)22-11-4-6-16(15-22)21(27)23-12-5-7-17(23)14-20(25)26/h1-3,8-9,16-17H,4-7,10-15H2,(H,25,26). The van der Waals surface area contributed by atoms with Crippen molar-refractivity contribution in [3.8, 4) is 5.75 Å². The van der Waals surface area contributed by atoms with Crippen molar-refractivity contribution >= 4 is 17.8 Å². The molecule has 1 aromatic rings. The zero-order chi connectivity index (χ0) is 19.9. The van der Waals surface area contributed by atoms with Crippen LogP contribution in [0.5, 0.6) is 5.75 Å². The quantitative estimate of drug-likeness (QED) is 0.773. The predicted octanol–water partition coefficient (Wildman–Crippen LogP) is 2.16. The normalized spacial score (nSPS) is 22.1. The fraction of sp³-hybridized carbons (Fsp3) is 0.571. The lowest BCUT2D eigenvalue weighted by Gasteiger charge is -2.35. The second-order valence-corrected chi connectivity index (χ2v) is 7.52. The highest BCUT2D eigenvalue weighted by molar-refractivity contribution is 5.82. The van der Waals surface area contributed by atoms with Gasteiger partial charge in [0.2, 0.25) is 11.8 Å². The van der Waals surface area contributed by atoms with E-state index in [9.17, 15) is 14.4 Å². The Balaban J connectivity index is 1.49. The maximum Gasteiger partial charge on any atom is 0.305 e. The van der Waals surface area contributed by atoms with Crippen molar-refractivity contribution in [2.75, 3.05) is 26.2 Å². The summed E-state index contributed by atoms with van der Waals surface area (Å²) in [6.07, 6.45) is 3.40. The van der Waals surface area contributed by atoms with Crippen LogP contribution in [-0.4, -0.2) is 65.0 Å². The number of aliphatic carboxylic acids is 1. The lowest BCUT2D eigenvalue weighted by molar-refractivity contribution is -0.143. The molecule has 0 aromatic heterocycles. The molecule has 0 aliphatic carbocycles. The van der Waals surface area contributed by atoms with E-state index >= 15 is 0 Å². The molecule has 7 nitrogen and oxygen atoms in total. The van der Waals surface area contributed by atoms with Gasteiger partial charge in [-0.05, 0) is 37.8 Å². The molecule has 2 aliphatic heterocycles. The van der Waals surface area contributed by atoms with Crippen LogP contribution in [0.4, 0.5) is 0 Å².